The summed E-state index contributed by atoms with van der Waals surface area (Å²) in [5, 5.41) is 5.08. The molecule has 0 aliphatic heterocycles. The smallest absolute Gasteiger partial charge is 0.258 e. The molecule has 0 saturated carbocycles. The van der Waals surface area contributed by atoms with Gasteiger partial charge in [0.2, 0.25) is 0 Å². The van der Waals surface area contributed by atoms with Gasteiger partial charge in [-0.25, -0.2) is 4.98 Å². The van der Waals surface area contributed by atoms with Crippen LogP contribution in [0.2, 0.25) is 5.02 Å². The van der Waals surface area contributed by atoms with E-state index >= 15 is 0 Å². The van der Waals surface area contributed by atoms with E-state index in [0.717, 1.165) is 20.6 Å². The number of hydrogen-bond donors (Lipinski definition) is 1. The fraction of sp³-hybridized carbons (Fsp3) is 0.105. The second kappa shape index (κ2) is 7.27. The predicted molar refractivity (Wildman–Crippen MR) is 104 cm³/mol. The van der Waals surface area contributed by atoms with Gasteiger partial charge in [-0.05, 0) is 36.4 Å². The number of carbonyl (C=O) groups excluding carboxylic acids is 1. The van der Waals surface area contributed by atoms with Gasteiger partial charge in [-0.2, -0.15) is 0 Å². The van der Waals surface area contributed by atoms with Gasteiger partial charge in [-0.1, -0.05) is 23.7 Å². The molecule has 0 fully saturated rings. The molecule has 2 heterocycles. The van der Waals surface area contributed by atoms with Crippen molar-refractivity contribution in [2.75, 3.05) is 6.61 Å². The van der Waals surface area contributed by atoms with E-state index in [1.807, 2.05) is 36.4 Å². The molecule has 0 spiro atoms. The highest BCUT2D eigenvalue weighted by molar-refractivity contribution is 7.18. The molecule has 0 aliphatic rings. The van der Waals surface area contributed by atoms with Gasteiger partial charge in [0.05, 0.1) is 21.8 Å². The first-order chi connectivity index (χ1) is 12.7. The van der Waals surface area contributed by atoms with Crippen molar-refractivity contribution in [1.82, 2.24) is 15.3 Å². The van der Waals surface area contributed by atoms with Crippen LogP contribution in [0.4, 0.5) is 0 Å². The largest absolute Gasteiger partial charge is 0.481 e. The monoisotopic (exact) mass is 383 g/mol. The van der Waals surface area contributed by atoms with Crippen LogP contribution < -0.4 is 10.1 Å². The van der Waals surface area contributed by atoms with Gasteiger partial charge in [0.1, 0.15) is 16.3 Å². The van der Waals surface area contributed by atoms with E-state index in [9.17, 15) is 4.79 Å². The molecule has 2 aromatic carbocycles. The highest BCUT2D eigenvalue weighted by Crippen LogP contribution is 2.29. The maximum Gasteiger partial charge on any atom is 0.258 e. The molecular weight excluding hydrogens is 370 g/mol. The average molecular weight is 384 g/mol. The summed E-state index contributed by atoms with van der Waals surface area (Å²) in [5.41, 5.74) is 1.58. The standard InChI is InChI=1S/C19H14ClN3O2S/c20-13-7-8-15(19-12(13)4-3-9-21-19)25-11-17(24)22-10-18-23-14-5-1-2-6-16(14)26-18/h1-9H,10-11H2,(H,22,24). The maximum absolute atomic E-state index is 12.1. The summed E-state index contributed by atoms with van der Waals surface area (Å²) < 4.78 is 6.74. The lowest BCUT2D eigenvalue weighted by atomic mass is 10.2. The molecule has 0 saturated heterocycles. The molecule has 0 aliphatic carbocycles. The zero-order valence-electron chi connectivity index (χ0n) is 13.6. The summed E-state index contributed by atoms with van der Waals surface area (Å²) in [6.07, 6.45) is 1.67. The van der Waals surface area contributed by atoms with Crippen molar-refractivity contribution >= 4 is 50.0 Å². The Kier molecular flexibility index (Phi) is 4.69. The zero-order valence-corrected chi connectivity index (χ0v) is 15.2. The van der Waals surface area contributed by atoms with Gasteiger partial charge in [0.15, 0.2) is 6.61 Å². The Morgan fingerprint density at radius 2 is 2.04 bits per heavy atom. The number of nitrogens with zero attached hydrogens (tertiary/aromatic N) is 2. The van der Waals surface area contributed by atoms with Crippen LogP contribution in [0.25, 0.3) is 21.1 Å². The SMILES string of the molecule is O=C(COc1ccc(Cl)c2cccnc12)NCc1nc2ccccc2s1. The number of benzene rings is 2. The average Bonchev–Trinajstić information content (AvgIpc) is 3.09. The van der Waals surface area contributed by atoms with Crippen LogP contribution in [0, 0.1) is 0 Å². The Morgan fingerprint density at radius 1 is 1.15 bits per heavy atom. The second-order valence-electron chi connectivity index (χ2n) is 5.59. The molecule has 0 unspecified atom stereocenters. The summed E-state index contributed by atoms with van der Waals surface area (Å²) in [6, 6.07) is 15.0. The highest BCUT2D eigenvalue weighted by atomic mass is 35.5. The van der Waals surface area contributed by atoms with E-state index in [2.05, 4.69) is 15.3 Å². The van der Waals surface area contributed by atoms with Gasteiger partial charge in [0.25, 0.3) is 5.91 Å². The first-order valence-corrected chi connectivity index (χ1v) is 9.17. The summed E-state index contributed by atoms with van der Waals surface area (Å²) in [5.74, 6) is 0.309. The normalized spacial score (nSPS) is 11.0. The number of thiazole rings is 1. The van der Waals surface area contributed by atoms with Crippen LogP contribution in [0.5, 0.6) is 5.75 Å². The van der Waals surface area contributed by atoms with Gasteiger partial charge < -0.3 is 10.1 Å². The maximum atomic E-state index is 12.1. The number of para-hydroxylation sites is 1. The fourth-order valence-electron chi connectivity index (χ4n) is 2.59. The van der Waals surface area contributed by atoms with Crippen molar-refractivity contribution < 1.29 is 9.53 Å². The number of ether oxygens (including phenoxy) is 1. The molecule has 5 nitrogen and oxygen atoms in total. The first kappa shape index (κ1) is 16.8. The number of fused-ring (bicyclic) bond motifs is 2. The van der Waals surface area contributed by atoms with Crippen molar-refractivity contribution in [3.8, 4) is 5.75 Å². The molecule has 0 radical (unpaired) electrons. The molecule has 26 heavy (non-hydrogen) atoms. The lowest BCUT2D eigenvalue weighted by Gasteiger charge is -2.09. The molecule has 2 aromatic heterocycles. The van der Waals surface area contributed by atoms with E-state index in [1.54, 1.807) is 29.7 Å². The number of rotatable bonds is 5. The number of halogens is 1. The Hall–Kier alpha value is -2.70. The lowest BCUT2D eigenvalue weighted by molar-refractivity contribution is -0.123. The number of hydrogen-bond acceptors (Lipinski definition) is 5. The molecule has 7 heteroatoms. The Balaban J connectivity index is 1.39. The minimum absolute atomic E-state index is 0.0990. The molecule has 1 N–H and O–H groups in total. The van der Waals surface area contributed by atoms with E-state index in [4.69, 9.17) is 16.3 Å². The third-order valence-electron chi connectivity index (χ3n) is 3.81. The van der Waals surface area contributed by atoms with Gasteiger partial charge in [-0.3, -0.25) is 9.78 Å². The van der Waals surface area contributed by atoms with E-state index in [0.29, 0.717) is 22.8 Å². The van der Waals surface area contributed by atoms with Crippen LogP contribution >= 0.6 is 22.9 Å². The lowest BCUT2D eigenvalue weighted by Crippen LogP contribution is -2.28. The Labute approximate surface area is 158 Å². The van der Waals surface area contributed by atoms with Gasteiger partial charge >= 0.3 is 0 Å². The molecule has 4 aromatic rings. The van der Waals surface area contributed by atoms with Crippen LogP contribution in [-0.2, 0) is 11.3 Å². The topological polar surface area (TPSA) is 64.1 Å². The molecule has 4 rings (SSSR count). The fourth-order valence-corrected chi connectivity index (χ4v) is 3.72. The number of nitrogens with one attached hydrogen (secondary N) is 1. The van der Waals surface area contributed by atoms with Crippen LogP contribution in [0.3, 0.4) is 0 Å². The second-order valence-corrected chi connectivity index (χ2v) is 7.11. The van der Waals surface area contributed by atoms with Gasteiger partial charge in [-0.15, -0.1) is 11.3 Å². The summed E-state index contributed by atoms with van der Waals surface area (Å²) in [7, 11) is 0. The van der Waals surface area contributed by atoms with E-state index in [-0.39, 0.29) is 12.5 Å². The summed E-state index contributed by atoms with van der Waals surface area (Å²) in [6.45, 7) is 0.277. The molecule has 0 bridgehead atoms. The number of pyridine rings is 1. The summed E-state index contributed by atoms with van der Waals surface area (Å²) in [4.78, 5) is 20.9. The van der Waals surface area contributed by atoms with Crippen molar-refractivity contribution in [2.24, 2.45) is 0 Å². The minimum atomic E-state index is -0.219. The predicted octanol–water partition coefficient (Wildman–Crippen LogP) is 4.19. The third kappa shape index (κ3) is 3.47. The zero-order chi connectivity index (χ0) is 17.9. The molecule has 0 atom stereocenters. The quantitative estimate of drug-likeness (QED) is 0.561. The van der Waals surface area contributed by atoms with Gasteiger partial charge in [0, 0.05) is 11.6 Å². The number of amides is 1. The number of aromatic nitrogens is 2. The minimum Gasteiger partial charge on any atom is -0.481 e. The Morgan fingerprint density at radius 3 is 2.92 bits per heavy atom. The first-order valence-electron chi connectivity index (χ1n) is 7.98. The highest BCUT2D eigenvalue weighted by Gasteiger charge is 2.10. The van der Waals surface area contributed by atoms with Crippen LogP contribution in [-0.4, -0.2) is 22.5 Å². The third-order valence-corrected chi connectivity index (χ3v) is 5.18. The van der Waals surface area contributed by atoms with Crippen LogP contribution in [0.15, 0.2) is 54.7 Å². The molecular formula is C19H14ClN3O2S. The van der Waals surface area contributed by atoms with Crippen molar-refractivity contribution in [3.05, 3.63) is 64.8 Å². The number of carbonyl (C=O) groups is 1. The summed E-state index contributed by atoms with van der Waals surface area (Å²) >= 11 is 7.73. The van der Waals surface area contributed by atoms with Crippen molar-refractivity contribution in [1.29, 1.82) is 0 Å². The van der Waals surface area contributed by atoms with E-state index < -0.39 is 0 Å². The molecule has 130 valence electrons. The van der Waals surface area contributed by atoms with Crippen molar-refractivity contribution in [3.63, 3.8) is 0 Å². The van der Waals surface area contributed by atoms with Crippen LogP contribution in [0.1, 0.15) is 5.01 Å². The van der Waals surface area contributed by atoms with Crippen molar-refractivity contribution in [2.45, 2.75) is 6.54 Å². The molecule has 1 amide bonds. The van der Waals surface area contributed by atoms with E-state index in [1.165, 1.54) is 0 Å². The Bertz CT molecular complexity index is 1060.